The van der Waals surface area contributed by atoms with Crippen LogP contribution in [0, 0.1) is 5.82 Å². The van der Waals surface area contributed by atoms with Gasteiger partial charge in [0, 0.05) is 32.1 Å². The Labute approximate surface area is 141 Å². The van der Waals surface area contributed by atoms with Crippen molar-refractivity contribution in [1.82, 2.24) is 10.6 Å². The van der Waals surface area contributed by atoms with E-state index < -0.39 is 0 Å². The van der Waals surface area contributed by atoms with Crippen molar-refractivity contribution >= 4 is 23.0 Å². The van der Waals surface area contributed by atoms with Crippen LogP contribution in [0.15, 0.2) is 46.8 Å². The summed E-state index contributed by atoms with van der Waals surface area (Å²) in [6.07, 6.45) is 0.893. The summed E-state index contributed by atoms with van der Waals surface area (Å²) in [6.45, 7) is 2.32. The fourth-order valence-electron chi connectivity index (χ4n) is 2.21. The van der Waals surface area contributed by atoms with Gasteiger partial charge in [-0.25, -0.2) is 4.39 Å². The SMILES string of the molecule is CN=C(NCCCN(C)c1ccccc1F)NCc1cccs1. The van der Waals surface area contributed by atoms with E-state index in [0.29, 0.717) is 5.69 Å². The van der Waals surface area contributed by atoms with Gasteiger partial charge in [0.1, 0.15) is 5.82 Å². The quantitative estimate of drug-likeness (QED) is 0.464. The third kappa shape index (κ3) is 5.56. The van der Waals surface area contributed by atoms with Gasteiger partial charge in [-0.1, -0.05) is 18.2 Å². The highest BCUT2D eigenvalue weighted by Gasteiger charge is 2.06. The molecule has 1 aromatic heterocycles. The van der Waals surface area contributed by atoms with Gasteiger partial charge < -0.3 is 15.5 Å². The van der Waals surface area contributed by atoms with E-state index in [1.54, 1.807) is 30.5 Å². The number of hydrogen-bond acceptors (Lipinski definition) is 3. The molecule has 4 nitrogen and oxygen atoms in total. The Morgan fingerprint density at radius 2 is 2.04 bits per heavy atom. The molecule has 0 saturated heterocycles. The number of thiophene rings is 1. The summed E-state index contributed by atoms with van der Waals surface area (Å²) in [7, 11) is 3.66. The summed E-state index contributed by atoms with van der Waals surface area (Å²) < 4.78 is 13.7. The molecule has 1 heterocycles. The summed E-state index contributed by atoms with van der Waals surface area (Å²) in [4.78, 5) is 7.40. The number of aliphatic imine (C=N–C) groups is 1. The molecule has 2 aromatic rings. The smallest absolute Gasteiger partial charge is 0.191 e. The molecule has 0 spiro atoms. The zero-order chi connectivity index (χ0) is 16.5. The molecule has 0 aliphatic carbocycles. The predicted molar refractivity (Wildman–Crippen MR) is 96.8 cm³/mol. The zero-order valence-electron chi connectivity index (χ0n) is 13.6. The van der Waals surface area contributed by atoms with Gasteiger partial charge in [-0.3, -0.25) is 4.99 Å². The Balaban J connectivity index is 1.68. The lowest BCUT2D eigenvalue weighted by molar-refractivity contribution is 0.619. The van der Waals surface area contributed by atoms with E-state index >= 15 is 0 Å². The third-order valence-corrected chi connectivity index (χ3v) is 4.34. The Morgan fingerprint density at radius 3 is 2.74 bits per heavy atom. The van der Waals surface area contributed by atoms with Gasteiger partial charge in [0.25, 0.3) is 0 Å². The van der Waals surface area contributed by atoms with Crippen LogP contribution in [0.5, 0.6) is 0 Å². The van der Waals surface area contributed by atoms with Crippen LogP contribution in [0.25, 0.3) is 0 Å². The number of rotatable bonds is 7. The van der Waals surface area contributed by atoms with Crippen molar-refractivity contribution in [2.24, 2.45) is 4.99 Å². The molecule has 0 unspecified atom stereocenters. The van der Waals surface area contributed by atoms with Crippen LogP contribution in [-0.4, -0.2) is 33.1 Å². The van der Waals surface area contributed by atoms with Crippen molar-refractivity contribution in [3.63, 3.8) is 0 Å². The number of hydrogen-bond donors (Lipinski definition) is 2. The summed E-state index contributed by atoms with van der Waals surface area (Å²) in [5.74, 6) is 0.600. The Morgan fingerprint density at radius 1 is 1.22 bits per heavy atom. The van der Waals surface area contributed by atoms with E-state index in [1.165, 1.54) is 10.9 Å². The van der Waals surface area contributed by atoms with Gasteiger partial charge in [-0.15, -0.1) is 11.3 Å². The lowest BCUT2D eigenvalue weighted by Gasteiger charge is -2.20. The van der Waals surface area contributed by atoms with Gasteiger partial charge in [-0.2, -0.15) is 0 Å². The highest BCUT2D eigenvalue weighted by Crippen LogP contribution is 2.16. The maximum Gasteiger partial charge on any atom is 0.191 e. The molecule has 124 valence electrons. The average molecular weight is 334 g/mol. The number of benzene rings is 1. The van der Waals surface area contributed by atoms with E-state index in [0.717, 1.165) is 32.0 Å². The molecule has 0 atom stereocenters. The zero-order valence-corrected chi connectivity index (χ0v) is 14.4. The van der Waals surface area contributed by atoms with Crippen LogP contribution in [-0.2, 0) is 6.54 Å². The summed E-state index contributed by atoms with van der Waals surface area (Å²) in [5, 5.41) is 8.61. The minimum Gasteiger partial charge on any atom is -0.372 e. The standard InChI is InChI=1S/C17H23FN4S/c1-19-17(21-13-14-7-5-12-23-14)20-10-6-11-22(2)16-9-4-3-8-15(16)18/h3-5,7-9,12H,6,10-11,13H2,1-2H3,(H2,19,20,21). The molecule has 23 heavy (non-hydrogen) atoms. The lowest BCUT2D eigenvalue weighted by Crippen LogP contribution is -2.38. The first-order chi connectivity index (χ1) is 11.2. The fraction of sp³-hybridized carbons (Fsp3) is 0.353. The molecule has 0 amide bonds. The van der Waals surface area contributed by atoms with Gasteiger partial charge >= 0.3 is 0 Å². The number of halogens is 1. The van der Waals surface area contributed by atoms with Crippen molar-refractivity contribution in [2.45, 2.75) is 13.0 Å². The largest absolute Gasteiger partial charge is 0.372 e. The number of para-hydroxylation sites is 1. The predicted octanol–water partition coefficient (Wildman–Crippen LogP) is 3.08. The van der Waals surface area contributed by atoms with E-state index in [2.05, 4.69) is 27.1 Å². The van der Waals surface area contributed by atoms with Crippen LogP contribution >= 0.6 is 11.3 Å². The molecule has 1 aromatic carbocycles. The summed E-state index contributed by atoms with van der Waals surface area (Å²) >= 11 is 1.72. The average Bonchev–Trinajstić information content (AvgIpc) is 3.08. The second kappa shape index (κ2) is 9.15. The minimum absolute atomic E-state index is 0.184. The molecule has 0 bridgehead atoms. The first kappa shape index (κ1) is 17.3. The third-order valence-electron chi connectivity index (χ3n) is 3.46. The van der Waals surface area contributed by atoms with E-state index in [4.69, 9.17) is 0 Å². The van der Waals surface area contributed by atoms with Crippen LogP contribution < -0.4 is 15.5 Å². The van der Waals surface area contributed by atoms with Gasteiger partial charge in [0.2, 0.25) is 0 Å². The van der Waals surface area contributed by atoms with Crippen LogP contribution in [0.4, 0.5) is 10.1 Å². The Kier molecular flexibility index (Phi) is 6.87. The highest BCUT2D eigenvalue weighted by molar-refractivity contribution is 7.09. The minimum atomic E-state index is -0.184. The molecule has 2 rings (SSSR count). The maximum atomic E-state index is 13.7. The first-order valence-corrected chi connectivity index (χ1v) is 8.51. The van der Waals surface area contributed by atoms with Gasteiger partial charge in [0.15, 0.2) is 5.96 Å². The molecular formula is C17H23FN4S. The van der Waals surface area contributed by atoms with Crippen LogP contribution in [0.2, 0.25) is 0 Å². The van der Waals surface area contributed by atoms with Gasteiger partial charge in [0.05, 0.1) is 12.2 Å². The van der Waals surface area contributed by atoms with Crippen LogP contribution in [0.3, 0.4) is 0 Å². The van der Waals surface area contributed by atoms with Gasteiger partial charge in [-0.05, 0) is 30.0 Å². The first-order valence-electron chi connectivity index (χ1n) is 7.63. The highest BCUT2D eigenvalue weighted by atomic mass is 32.1. The molecule has 0 fully saturated rings. The fourth-order valence-corrected chi connectivity index (χ4v) is 2.85. The number of nitrogens with zero attached hydrogens (tertiary/aromatic N) is 2. The number of nitrogens with one attached hydrogen (secondary N) is 2. The van der Waals surface area contributed by atoms with E-state index in [-0.39, 0.29) is 5.82 Å². The topological polar surface area (TPSA) is 39.7 Å². The number of guanidine groups is 1. The van der Waals surface area contributed by atoms with E-state index in [9.17, 15) is 4.39 Å². The second-order valence-electron chi connectivity index (χ2n) is 5.16. The van der Waals surface area contributed by atoms with E-state index in [1.807, 2.05) is 24.1 Å². The monoisotopic (exact) mass is 334 g/mol. The normalized spacial score (nSPS) is 11.3. The molecular weight excluding hydrogens is 311 g/mol. The molecule has 0 aliphatic heterocycles. The molecule has 0 saturated carbocycles. The van der Waals surface area contributed by atoms with Crippen molar-refractivity contribution < 1.29 is 4.39 Å². The summed E-state index contributed by atoms with van der Waals surface area (Å²) in [6, 6.07) is 11.0. The molecule has 0 radical (unpaired) electrons. The van der Waals surface area contributed by atoms with Crippen molar-refractivity contribution in [2.75, 3.05) is 32.1 Å². The number of anilines is 1. The van der Waals surface area contributed by atoms with Crippen molar-refractivity contribution in [1.29, 1.82) is 0 Å². The molecule has 0 aliphatic rings. The van der Waals surface area contributed by atoms with Crippen molar-refractivity contribution in [3.05, 3.63) is 52.5 Å². The lowest BCUT2D eigenvalue weighted by atomic mass is 10.2. The van der Waals surface area contributed by atoms with Crippen LogP contribution in [0.1, 0.15) is 11.3 Å². The Hall–Kier alpha value is -2.08. The maximum absolute atomic E-state index is 13.7. The molecule has 6 heteroatoms. The Bertz CT molecular complexity index is 613. The summed E-state index contributed by atoms with van der Waals surface area (Å²) in [5.41, 5.74) is 0.632. The van der Waals surface area contributed by atoms with Crippen molar-refractivity contribution in [3.8, 4) is 0 Å². The molecule has 2 N–H and O–H groups in total. The second-order valence-corrected chi connectivity index (χ2v) is 6.19.